The van der Waals surface area contributed by atoms with E-state index in [0.29, 0.717) is 22.2 Å². The van der Waals surface area contributed by atoms with Crippen LogP contribution in [0.1, 0.15) is 5.56 Å². The zero-order valence-corrected chi connectivity index (χ0v) is 12.9. The number of nitrogens with one attached hydrogen (secondary N) is 1. The lowest BCUT2D eigenvalue weighted by atomic mass is 10.2. The van der Waals surface area contributed by atoms with Crippen LogP contribution in [0.2, 0.25) is 5.02 Å². The van der Waals surface area contributed by atoms with Crippen LogP contribution in [-0.4, -0.2) is 25.1 Å². The third kappa shape index (κ3) is 3.99. The number of amides is 1. The van der Waals surface area contributed by atoms with E-state index in [9.17, 15) is 4.79 Å². The average Bonchev–Trinajstić information content (AvgIpc) is 2.54. The molecule has 22 heavy (non-hydrogen) atoms. The van der Waals surface area contributed by atoms with Crippen LogP contribution in [0.4, 0.5) is 5.69 Å². The largest absolute Gasteiger partial charge is 0.495 e. The lowest BCUT2D eigenvalue weighted by molar-refractivity contribution is -0.111. The first-order valence-electron chi connectivity index (χ1n) is 6.44. The van der Waals surface area contributed by atoms with Gasteiger partial charge in [-0.2, -0.15) is 0 Å². The van der Waals surface area contributed by atoms with Crippen LogP contribution in [0, 0.1) is 0 Å². The molecule has 1 aromatic carbocycles. The Hall–Kier alpha value is -2.53. The minimum Gasteiger partial charge on any atom is -0.495 e. The van der Waals surface area contributed by atoms with E-state index in [1.54, 1.807) is 36.7 Å². The highest BCUT2D eigenvalue weighted by molar-refractivity contribution is 6.32. The molecule has 1 aromatic heterocycles. The fraction of sp³-hybridized carbons (Fsp3) is 0.125. The number of hydrogen-bond acceptors (Lipinski definition) is 4. The standard InChI is InChI=1S/C16H15ClN2O3/c1-21-14-9-15(22-2)13(8-12(14)17)19-16(20)6-5-11-4-3-7-18-10-11/h3-10H,1-2H3,(H,19,20)/b6-5+. The van der Waals surface area contributed by atoms with E-state index >= 15 is 0 Å². The molecule has 0 atom stereocenters. The molecule has 2 rings (SSSR count). The number of halogens is 1. The SMILES string of the molecule is COc1cc(OC)c(NC(=O)/C=C/c2cccnc2)cc1Cl. The van der Waals surface area contributed by atoms with E-state index in [4.69, 9.17) is 21.1 Å². The van der Waals surface area contributed by atoms with E-state index in [1.807, 2.05) is 6.07 Å². The maximum absolute atomic E-state index is 12.0. The number of methoxy groups -OCH3 is 2. The second-order valence-electron chi connectivity index (χ2n) is 4.30. The molecule has 1 heterocycles. The van der Waals surface area contributed by atoms with Crippen molar-refractivity contribution >= 4 is 29.3 Å². The Morgan fingerprint density at radius 2 is 2.05 bits per heavy atom. The van der Waals surface area contributed by atoms with Crippen molar-refractivity contribution in [1.82, 2.24) is 4.98 Å². The van der Waals surface area contributed by atoms with Gasteiger partial charge in [-0.05, 0) is 23.8 Å². The minimum absolute atomic E-state index is 0.302. The lowest BCUT2D eigenvalue weighted by Crippen LogP contribution is -2.09. The number of benzene rings is 1. The van der Waals surface area contributed by atoms with Gasteiger partial charge >= 0.3 is 0 Å². The van der Waals surface area contributed by atoms with Gasteiger partial charge in [-0.15, -0.1) is 0 Å². The van der Waals surface area contributed by atoms with E-state index in [2.05, 4.69) is 10.3 Å². The van der Waals surface area contributed by atoms with Gasteiger partial charge in [0.05, 0.1) is 24.9 Å². The molecular weight excluding hydrogens is 304 g/mol. The van der Waals surface area contributed by atoms with Crippen molar-refractivity contribution in [3.8, 4) is 11.5 Å². The lowest BCUT2D eigenvalue weighted by Gasteiger charge is -2.12. The minimum atomic E-state index is -0.302. The Bertz CT molecular complexity index is 687. The molecule has 2 aromatic rings. The second kappa shape index (κ2) is 7.47. The Balaban J connectivity index is 2.14. The first-order chi connectivity index (χ1) is 10.6. The number of ether oxygens (including phenoxy) is 2. The zero-order valence-electron chi connectivity index (χ0n) is 12.2. The molecule has 0 aliphatic rings. The molecule has 0 fully saturated rings. The molecule has 0 radical (unpaired) electrons. The van der Waals surface area contributed by atoms with Crippen LogP contribution >= 0.6 is 11.6 Å². The summed E-state index contributed by atoms with van der Waals surface area (Å²) in [6.45, 7) is 0. The number of carbonyl (C=O) groups is 1. The summed E-state index contributed by atoms with van der Waals surface area (Å²) in [5, 5.41) is 3.10. The summed E-state index contributed by atoms with van der Waals surface area (Å²) in [5.74, 6) is 0.634. The number of aromatic nitrogens is 1. The fourth-order valence-corrected chi connectivity index (χ4v) is 2.02. The Morgan fingerprint density at radius 1 is 1.27 bits per heavy atom. The third-order valence-corrected chi connectivity index (χ3v) is 3.14. The van der Waals surface area contributed by atoms with Gasteiger partial charge in [0.25, 0.3) is 0 Å². The van der Waals surface area contributed by atoms with Gasteiger partial charge in [-0.1, -0.05) is 17.7 Å². The molecule has 0 unspecified atom stereocenters. The van der Waals surface area contributed by atoms with Gasteiger partial charge in [-0.3, -0.25) is 9.78 Å². The first kappa shape index (κ1) is 15.9. The maximum Gasteiger partial charge on any atom is 0.248 e. The quantitative estimate of drug-likeness (QED) is 0.858. The molecule has 0 bridgehead atoms. The van der Waals surface area contributed by atoms with Crippen LogP contribution in [0.25, 0.3) is 6.08 Å². The van der Waals surface area contributed by atoms with Crippen LogP contribution < -0.4 is 14.8 Å². The fourth-order valence-electron chi connectivity index (χ4n) is 1.78. The van der Waals surface area contributed by atoms with Crippen molar-refractivity contribution in [2.75, 3.05) is 19.5 Å². The second-order valence-corrected chi connectivity index (χ2v) is 4.70. The molecule has 0 aliphatic heterocycles. The van der Waals surface area contributed by atoms with Crippen molar-refractivity contribution < 1.29 is 14.3 Å². The van der Waals surface area contributed by atoms with Gasteiger partial charge in [-0.25, -0.2) is 0 Å². The van der Waals surface area contributed by atoms with Crippen LogP contribution in [0.5, 0.6) is 11.5 Å². The topological polar surface area (TPSA) is 60.5 Å². The maximum atomic E-state index is 12.0. The highest BCUT2D eigenvalue weighted by Gasteiger charge is 2.11. The van der Waals surface area contributed by atoms with Gasteiger partial charge in [0.1, 0.15) is 11.5 Å². The number of hydrogen-bond donors (Lipinski definition) is 1. The van der Waals surface area contributed by atoms with Gasteiger partial charge < -0.3 is 14.8 Å². The van der Waals surface area contributed by atoms with Crippen molar-refractivity contribution in [1.29, 1.82) is 0 Å². The smallest absolute Gasteiger partial charge is 0.248 e. The molecule has 1 N–H and O–H groups in total. The molecule has 1 amide bonds. The van der Waals surface area contributed by atoms with Crippen molar-refractivity contribution in [2.45, 2.75) is 0 Å². The van der Waals surface area contributed by atoms with Crippen LogP contribution in [0.3, 0.4) is 0 Å². The summed E-state index contributed by atoms with van der Waals surface area (Å²) in [7, 11) is 3.01. The third-order valence-electron chi connectivity index (χ3n) is 2.84. The number of rotatable bonds is 5. The van der Waals surface area contributed by atoms with E-state index in [1.165, 1.54) is 20.3 Å². The Morgan fingerprint density at radius 3 is 2.68 bits per heavy atom. The number of carbonyl (C=O) groups excluding carboxylic acids is 1. The number of anilines is 1. The summed E-state index contributed by atoms with van der Waals surface area (Å²) in [6, 6.07) is 6.84. The van der Waals surface area contributed by atoms with Gasteiger partial charge in [0.2, 0.25) is 5.91 Å². The van der Waals surface area contributed by atoms with E-state index in [0.717, 1.165) is 5.56 Å². The van der Waals surface area contributed by atoms with Gasteiger partial charge in [0.15, 0.2) is 0 Å². The predicted octanol–water partition coefficient (Wildman–Crippen LogP) is 3.40. The molecule has 6 heteroatoms. The van der Waals surface area contributed by atoms with Gasteiger partial charge in [0, 0.05) is 24.5 Å². The van der Waals surface area contributed by atoms with Crippen molar-refractivity contribution in [2.24, 2.45) is 0 Å². The molecule has 0 saturated heterocycles. The van der Waals surface area contributed by atoms with Crippen LogP contribution in [0.15, 0.2) is 42.7 Å². The van der Waals surface area contributed by atoms with Crippen molar-refractivity contribution in [3.05, 3.63) is 53.3 Å². The monoisotopic (exact) mass is 318 g/mol. The number of nitrogens with zero attached hydrogens (tertiary/aromatic N) is 1. The summed E-state index contributed by atoms with van der Waals surface area (Å²) in [6.07, 6.45) is 6.41. The summed E-state index contributed by atoms with van der Waals surface area (Å²) in [5.41, 5.74) is 1.30. The van der Waals surface area contributed by atoms with Crippen LogP contribution in [-0.2, 0) is 4.79 Å². The van der Waals surface area contributed by atoms with E-state index < -0.39 is 0 Å². The summed E-state index contributed by atoms with van der Waals surface area (Å²) in [4.78, 5) is 15.9. The zero-order chi connectivity index (χ0) is 15.9. The first-order valence-corrected chi connectivity index (χ1v) is 6.82. The summed E-state index contributed by atoms with van der Waals surface area (Å²) < 4.78 is 10.3. The molecule has 0 aliphatic carbocycles. The molecule has 114 valence electrons. The summed E-state index contributed by atoms with van der Waals surface area (Å²) >= 11 is 6.06. The molecule has 0 spiro atoms. The van der Waals surface area contributed by atoms with Crippen molar-refractivity contribution in [3.63, 3.8) is 0 Å². The average molecular weight is 319 g/mol. The molecule has 5 nitrogen and oxygen atoms in total. The predicted molar refractivity (Wildman–Crippen MR) is 86.5 cm³/mol. The highest BCUT2D eigenvalue weighted by atomic mass is 35.5. The highest BCUT2D eigenvalue weighted by Crippen LogP contribution is 2.35. The number of pyridine rings is 1. The molecular formula is C16H15ClN2O3. The normalized spacial score (nSPS) is 10.5. The van der Waals surface area contributed by atoms with E-state index in [-0.39, 0.29) is 5.91 Å². The molecule has 0 saturated carbocycles. The Kier molecular flexibility index (Phi) is 5.38. The Labute approximate surface area is 133 Å².